The third-order valence-corrected chi connectivity index (χ3v) is 4.82. The van der Waals surface area contributed by atoms with Crippen LogP contribution in [0.5, 0.6) is 5.75 Å². The molecule has 0 atom stereocenters. The third kappa shape index (κ3) is 2.79. The Labute approximate surface area is 133 Å². The lowest BCUT2D eigenvalue weighted by molar-refractivity contribution is 0.295. The zero-order valence-electron chi connectivity index (χ0n) is 12.4. The van der Waals surface area contributed by atoms with Crippen LogP contribution in [-0.4, -0.2) is 16.3 Å². The van der Waals surface area contributed by atoms with Gasteiger partial charge in [0.05, 0.1) is 21.5 Å². The minimum atomic E-state index is 0.516. The molecular formula is C16H20BrN3O. The number of benzene rings is 1. The third-order valence-electron chi connectivity index (χ3n) is 3.90. The average Bonchev–Trinajstić information content (AvgIpc) is 2.79. The number of aryl methyl sites for hydroxylation is 3. The van der Waals surface area contributed by atoms with Crippen LogP contribution in [0.4, 0.5) is 5.69 Å². The fraction of sp³-hybridized carbons (Fsp3) is 0.438. The van der Waals surface area contributed by atoms with Crippen LogP contribution in [0.2, 0.25) is 0 Å². The van der Waals surface area contributed by atoms with Crippen LogP contribution in [0, 0.1) is 0 Å². The summed E-state index contributed by atoms with van der Waals surface area (Å²) >= 11 is 3.63. The van der Waals surface area contributed by atoms with Crippen molar-refractivity contribution in [2.24, 2.45) is 7.05 Å². The molecule has 1 aromatic heterocycles. The maximum Gasteiger partial charge on any atom is 0.143 e. The normalized spacial score (nSPS) is 13.7. The summed E-state index contributed by atoms with van der Waals surface area (Å²) in [7, 11) is 1.96. The van der Waals surface area contributed by atoms with Crippen molar-refractivity contribution in [1.29, 1.82) is 0 Å². The molecule has 0 aliphatic carbocycles. The fourth-order valence-electron chi connectivity index (χ4n) is 2.72. The summed E-state index contributed by atoms with van der Waals surface area (Å²) in [4.78, 5) is 0. The van der Waals surface area contributed by atoms with Crippen LogP contribution in [0.15, 0.2) is 22.7 Å². The first-order chi connectivity index (χ1) is 10.2. The van der Waals surface area contributed by atoms with Gasteiger partial charge < -0.3 is 10.1 Å². The number of ether oxygens (including phenoxy) is 1. The molecule has 2 aromatic rings. The molecule has 1 aliphatic rings. The van der Waals surface area contributed by atoms with Gasteiger partial charge in [0, 0.05) is 13.6 Å². The Kier molecular flexibility index (Phi) is 4.19. The first-order valence-corrected chi connectivity index (χ1v) is 8.18. The topological polar surface area (TPSA) is 39.1 Å². The minimum Gasteiger partial charge on any atom is -0.485 e. The molecule has 1 N–H and O–H groups in total. The van der Waals surface area contributed by atoms with Gasteiger partial charge in [-0.25, -0.2) is 0 Å². The molecule has 21 heavy (non-hydrogen) atoms. The van der Waals surface area contributed by atoms with Crippen molar-refractivity contribution in [3.05, 3.63) is 39.6 Å². The molecular weight excluding hydrogens is 330 g/mol. The number of halogens is 1. The van der Waals surface area contributed by atoms with Gasteiger partial charge in [0.25, 0.3) is 0 Å². The van der Waals surface area contributed by atoms with Crippen molar-refractivity contribution >= 4 is 21.6 Å². The Morgan fingerprint density at radius 3 is 3.05 bits per heavy atom. The van der Waals surface area contributed by atoms with E-state index in [1.165, 1.54) is 12.0 Å². The number of aromatic nitrogens is 2. The van der Waals surface area contributed by atoms with Crippen LogP contribution in [0.1, 0.15) is 30.3 Å². The van der Waals surface area contributed by atoms with E-state index in [1.54, 1.807) is 0 Å². The van der Waals surface area contributed by atoms with E-state index < -0.39 is 0 Å². The summed E-state index contributed by atoms with van der Waals surface area (Å²) in [5, 5.41) is 7.96. The van der Waals surface area contributed by atoms with E-state index in [0.29, 0.717) is 6.61 Å². The Hall–Kier alpha value is -1.49. The number of nitrogens with zero attached hydrogens (tertiary/aromatic N) is 2. The predicted octanol–water partition coefficient (Wildman–Crippen LogP) is 3.68. The number of rotatable bonds is 4. The molecule has 0 saturated heterocycles. The first kappa shape index (κ1) is 14.4. The summed E-state index contributed by atoms with van der Waals surface area (Å²) in [6.07, 6.45) is 3.22. The molecule has 0 unspecified atom stereocenters. The fourth-order valence-corrected chi connectivity index (χ4v) is 3.45. The van der Waals surface area contributed by atoms with Gasteiger partial charge in [-0.05, 0) is 46.8 Å². The summed E-state index contributed by atoms with van der Waals surface area (Å²) in [6.45, 7) is 3.64. The van der Waals surface area contributed by atoms with Crippen molar-refractivity contribution in [3.63, 3.8) is 0 Å². The quantitative estimate of drug-likeness (QED) is 0.914. The SMILES string of the molecule is CCc1nn(C)c(COc2cccc3c2NCCC3)c1Br. The van der Waals surface area contributed by atoms with Crippen LogP contribution >= 0.6 is 15.9 Å². The van der Waals surface area contributed by atoms with Crippen molar-refractivity contribution in [3.8, 4) is 5.75 Å². The van der Waals surface area contributed by atoms with Gasteiger partial charge in [0.2, 0.25) is 0 Å². The predicted molar refractivity (Wildman–Crippen MR) is 87.9 cm³/mol. The highest BCUT2D eigenvalue weighted by molar-refractivity contribution is 9.10. The molecule has 0 fully saturated rings. The van der Waals surface area contributed by atoms with E-state index in [-0.39, 0.29) is 0 Å². The second-order valence-electron chi connectivity index (χ2n) is 5.29. The highest BCUT2D eigenvalue weighted by atomic mass is 79.9. The van der Waals surface area contributed by atoms with E-state index in [9.17, 15) is 0 Å². The molecule has 0 spiro atoms. The monoisotopic (exact) mass is 349 g/mol. The zero-order valence-corrected chi connectivity index (χ0v) is 14.0. The Morgan fingerprint density at radius 2 is 2.29 bits per heavy atom. The number of nitrogens with one attached hydrogen (secondary N) is 1. The standard InChI is InChI=1S/C16H20BrN3O/c1-3-12-15(17)13(20(2)19-12)10-21-14-8-4-6-11-7-5-9-18-16(11)14/h4,6,8,18H,3,5,7,9-10H2,1-2H3. The summed E-state index contributed by atoms with van der Waals surface area (Å²) < 4.78 is 9.01. The van der Waals surface area contributed by atoms with Crippen molar-refractivity contribution in [1.82, 2.24) is 9.78 Å². The van der Waals surface area contributed by atoms with Gasteiger partial charge in [-0.15, -0.1) is 0 Å². The highest BCUT2D eigenvalue weighted by Gasteiger charge is 2.16. The van der Waals surface area contributed by atoms with E-state index in [1.807, 2.05) is 17.8 Å². The average molecular weight is 350 g/mol. The van der Waals surface area contributed by atoms with Crippen LogP contribution < -0.4 is 10.1 Å². The van der Waals surface area contributed by atoms with Crippen LogP contribution in [0.25, 0.3) is 0 Å². The molecule has 1 aromatic carbocycles. The molecule has 1 aliphatic heterocycles. The molecule has 0 bridgehead atoms. The molecule has 3 rings (SSSR count). The maximum absolute atomic E-state index is 6.06. The first-order valence-electron chi connectivity index (χ1n) is 7.39. The minimum absolute atomic E-state index is 0.516. The number of hydrogen-bond acceptors (Lipinski definition) is 3. The molecule has 0 radical (unpaired) electrons. The highest BCUT2D eigenvalue weighted by Crippen LogP contribution is 2.33. The molecule has 0 saturated carbocycles. The van der Waals surface area contributed by atoms with Gasteiger partial charge in [-0.1, -0.05) is 19.1 Å². The second kappa shape index (κ2) is 6.10. The van der Waals surface area contributed by atoms with Crippen molar-refractivity contribution < 1.29 is 4.74 Å². The van der Waals surface area contributed by atoms with E-state index in [0.717, 1.165) is 46.7 Å². The lowest BCUT2D eigenvalue weighted by Crippen LogP contribution is -2.13. The van der Waals surface area contributed by atoms with Gasteiger partial charge in [-0.3, -0.25) is 4.68 Å². The zero-order chi connectivity index (χ0) is 14.8. The lowest BCUT2D eigenvalue weighted by atomic mass is 10.0. The number of fused-ring (bicyclic) bond motifs is 1. The van der Waals surface area contributed by atoms with Crippen molar-refractivity contribution in [2.45, 2.75) is 32.8 Å². The smallest absolute Gasteiger partial charge is 0.143 e. The summed E-state index contributed by atoms with van der Waals surface area (Å²) in [5.74, 6) is 0.929. The number of hydrogen-bond donors (Lipinski definition) is 1. The molecule has 4 nitrogen and oxygen atoms in total. The molecule has 5 heteroatoms. The molecule has 112 valence electrons. The summed E-state index contributed by atoms with van der Waals surface area (Å²) in [5.41, 5.74) is 4.64. The Bertz CT molecular complexity index is 651. The maximum atomic E-state index is 6.06. The molecule has 0 amide bonds. The van der Waals surface area contributed by atoms with Gasteiger partial charge in [-0.2, -0.15) is 5.10 Å². The number of anilines is 1. The number of para-hydroxylation sites is 1. The Balaban J connectivity index is 1.81. The van der Waals surface area contributed by atoms with Gasteiger partial charge in [0.15, 0.2) is 0 Å². The van der Waals surface area contributed by atoms with E-state index >= 15 is 0 Å². The second-order valence-corrected chi connectivity index (χ2v) is 6.09. The van der Waals surface area contributed by atoms with Gasteiger partial charge in [0.1, 0.15) is 12.4 Å². The van der Waals surface area contributed by atoms with Gasteiger partial charge >= 0.3 is 0 Å². The Morgan fingerprint density at radius 1 is 1.43 bits per heavy atom. The van der Waals surface area contributed by atoms with Crippen molar-refractivity contribution in [2.75, 3.05) is 11.9 Å². The molecule has 2 heterocycles. The largest absolute Gasteiger partial charge is 0.485 e. The van der Waals surface area contributed by atoms with E-state index in [2.05, 4.69) is 45.4 Å². The summed E-state index contributed by atoms with van der Waals surface area (Å²) in [6, 6.07) is 6.27. The van der Waals surface area contributed by atoms with Crippen LogP contribution in [-0.2, 0) is 26.5 Å². The van der Waals surface area contributed by atoms with E-state index in [4.69, 9.17) is 4.74 Å². The van der Waals surface area contributed by atoms with Crippen LogP contribution in [0.3, 0.4) is 0 Å². The lowest BCUT2D eigenvalue weighted by Gasteiger charge is -2.21.